The molecule has 0 radical (unpaired) electrons. The second-order valence-corrected chi connectivity index (χ2v) is 7.01. The van der Waals surface area contributed by atoms with Crippen molar-refractivity contribution in [3.05, 3.63) is 71.8 Å². The van der Waals surface area contributed by atoms with Gasteiger partial charge in [0.2, 0.25) is 5.91 Å². The molecule has 1 amide bonds. The molecule has 0 unspecified atom stereocenters. The van der Waals surface area contributed by atoms with E-state index in [1.54, 1.807) is 0 Å². The fourth-order valence-corrected chi connectivity index (χ4v) is 3.99. The first kappa shape index (κ1) is 17.7. The Bertz CT molecular complexity index is 621. The maximum Gasteiger partial charge on any atom is 0.232 e. The van der Waals surface area contributed by atoms with E-state index in [-0.39, 0.29) is 5.91 Å². The van der Waals surface area contributed by atoms with Gasteiger partial charge in [0.1, 0.15) is 0 Å². The number of amides is 1. The summed E-state index contributed by atoms with van der Waals surface area (Å²) in [5.41, 5.74) is 7.23. The first-order valence-corrected chi connectivity index (χ1v) is 9.37. The molecule has 2 aromatic carbocycles. The number of nitrogens with two attached hydrogens (primary N) is 1. The molecule has 0 saturated carbocycles. The van der Waals surface area contributed by atoms with E-state index < -0.39 is 5.41 Å². The molecule has 0 atom stereocenters. The molecule has 1 aliphatic heterocycles. The molecule has 1 fully saturated rings. The van der Waals surface area contributed by atoms with Gasteiger partial charge in [0.15, 0.2) is 0 Å². The van der Waals surface area contributed by atoms with E-state index in [2.05, 4.69) is 4.90 Å². The van der Waals surface area contributed by atoms with Gasteiger partial charge in [-0.2, -0.15) is 0 Å². The van der Waals surface area contributed by atoms with Gasteiger partial charge in [-0.1, -0.05) is 73.5 Å². The van der Waals surface area contributed by atoms with Crippen molar-refractivity contribution in [2.45, 2.75) is 37.5 Å². The monoisotopic (exact) mass is 336 g/mol. The van der Waals surface area contributed by atoms with Crippen molar-refractivity contribution in [3.63, 3.8) is 0 Å². The number of hydrogen-bond acceptors (Lipinski definition) is 2. The molecule has 3 nitrogen and oxygen atoms in total. The molecule has 0 bridgehead atoms. The molecule has 1 saturated heterocycles. The topological polar surface area (TPSA) is 46.3 Å². The van der Waals surface area contributed by atoms with Crippen LogP contribution < -0.4 is 5.73 Å². The van der Waals surface area contributed by atoms with Crippen LogP contribution in [-0.4, -0.2) is 30.4 Å². The van der Waals surface area contributed by atoms with E-state index in [4.69, 9.17) is 5.73 Å². The molecule has 2 N–H and O–H groups in total. The van der Waals surface area contributed by atoms with E-state index in [0.717, 1.165) is 37.2 Å². The predicted octanol–water partition coefficient (Wildman–Crippen LogP) is 3.72. The Hall–Kier alpha value is -2.13. The van der Waals surface area contributed by atoms with E-state index in [9.17, 15) is 4.79 Å². The van der Waals surface area contributed by atoms with Gasteiger partial charge in [-0.15, -0.1) is 0 Å². The third kappa shape index (κ3) is 3.93. The van der Waals surface area contributed by atoms with E-state index in [1.807, 2.05) is 60.7 Å². The van der Waals surface area contributed by atoms with Gasteiger partial charge < -0.3 is 10.6 Å². The van der Waals surface area contributed by atoms with Crippen LogP contribution in [0.2, 0.25) is 0 Å². The van der Waals surface area contributed by atoms with Crippen LogP contribution in [0.5, 0.6) is 0 Å². The minimum absolute atomic E-state index is 0.264. The van der Waals surface area contributed by atoms with Crippen LogP contribution in [0.4, 0.5) is 0 Å². The van der Waals surface area contributed by atoms with Crippen molar-refractivity contribution in [2.75, 3.05) is 19.6 Å². The molecule has 3 heteroatoms. The summed E-state index contributed by atoms with van der Waals surface area (Å²) < 4.78 is 0. The first-order chi connectivity index (χ1) is 12.2. The zero-order valence-electron chi connectivity index (χ0n) is 14.9. The molecule has 1 heterocycles. The summed E-state index contributed by atoms with van der Waals surface area (Å²) in [5, 5.41) is 0. The summed E-state index contributed by atoms with van der Waals surface area (Å²) in [5.74, 6) is -0.264. The molecule has 2 aromatic rings. The van der Waals surface area contributed by atoms with Crippen molar-refractivity contribution in [3.8, 4) is 0 Å². The Kier molecular flexibility index (Phi) is 5.87. The highest BCUT2D eigenvalue weighted by Crippen LogP contribution is 2.36. The predicted molar refractivity (Wildman–Crippen MR) is 102 cm³/mol. The Morgan fingerprint density at radius 3 is 1.76 bits per heavy atom. The van der Waals surface area contributed by atoms with E-state index in [1.165, 1.54) is 25.7 Å². The maximum absolute atomic E-state index is 12.8. The molecule has 25 heavy (non-hydrogen) atoms. The largest absolute Gasteiger partial charge is 0.369 e. The SMILES string of the molecule is NC(=O)C(CCN1CCCCCC1)(c1ccccc1)c1ccccc1. The molecule has 132 valence electrons. The van der Waals surface area contributed by atoms with Crippen molar-refractivity contribution in [2.24, 2.45) is 5.73 Å². The number of benzene rings is 2. The maximum atomic E-state index is 12.8. The number of carbonyl (C=O) groups excluding carboxylic acids is 1. The average molecular weight is 336 g/mol. The number of rotatable bonds is 6. The molecule has 0 aliphatic carbocycles. The van der Waals surface area contributed by atoms with Crippen LogP contribution in [-0.2, 0) is 10.2 Å². The van der Waals surface area contributed by atoms with Crippen molar-refractivity contribution >= 4 is 5.91 Å². The lowest BCUT2D eigenvalue weighted by Gasteiger charge is -2.34. The Morgan fingerprint density at radius 1 is 0.840 bits per heavy atom. The normalized spacial score (nSPS) is 16.3. The standard InChI is InChI=1S/C22H28N2O/c23-21(25)22(19-11-5-3-6-12-19,20-13-7-4-8-14-20)15-18-24-16-9-1-2-10-17-24/h3-8,11-14H,1-2,9-10,15-18H2,(H2,23,25). The third-order valence-corrected chi connectivity index (χ3v) is 5.46. The van der Waals surface area contributed by atoms with E-state index >= 15 is 0 Å². The number of likely N-dealkylation sites (tertiary alicyclic amines) is 1. The summed E-state index contributed by atoms with van der Waals surface area (Å²) in [4.78, 5) is 15.3. The minimum atomic E-state index is -0.769. The minimum Gasteiger partial charge on any atom is -0.369 e. The lowest BCUT2D eigenvalue weighted by molar-refractivity contribution is -0.122. The summed E-state index contributed by atoms with van der Waals surface area (Å²) in [6.45, 7) is 3.14. The van der Waals surface area contributed by atoms with Crippen molar-refractivity contribution < 1.29 is 4.79 Å². The summed E-state index contributed by atoms with van der Waals surface area (Å²) in [6, 6.07) is 20.0. The van der Waals surface area contributed by atoms with Crippen LogP contribution in [0.1, 0.15) is 43.2 Å². The van der Waals surface area contributed by atoms with Crippen LogP contribution >= 0.6 is 0 Å². The van der Waals surface area contributed by atoms with Gasteiger partial charge in [-0.05, 0) is 50.0 Å². The van der Waals surface area contributed by atoms with E-state index in [0.29, 0.717) is 0 Å². The number of carbonyl (C=O) groups is 1. The lowest BCUT2D eigenvalue weighted by Crippen LogP contribution is -2.45. The molecule has 3 rings (SSSR count). The first-order valence-electron chi connectivity index (χ1n) is 9.37. The van der Waals surface area contributed by atoms with Gasteiger partial charge in [0.25, 0.3) is 0 Å². The Labute approximate surface area is 150 Å². The van der Waals surface area contributed by atoms with Crippen LogP contribution in [0.15, 0.2) is 60.7 Å². The zero-order chi connectivity index (χ0) is 17.5. The van der Waals surface area contributed by atoms with Gasteiger partial charge in [-0.3, -0.25) is 4.79 Å². The summed E-state index contributed by atoms with van der Waals surface area (Å²) in [6.07, 6.45) is 5.85. The van der Waals surface area contributed by atoms with Gasteiger partial charge in [0.05, 0.1) is 5.41 Å². The Morgan fingerprint density at radius 2 is 1.32 bits per heavy atom. The zero-order valence-corrected chi connectivity index (χ0v) is 14.9. The second-order valence-electron chi connectivity index (χ2n) is 7.01. The number of primary amides is 1. The Balaban J connectivity index is 1.94. The van der Waals surface area contributed by atoms with Crippen molar-refractivity contribution in [1.29, 1.82) is 0 Å². The highest BCUT2D eigenvalue weighted by atomic mass is 16.1. The molecule has 0 aromatic heterocycles. The van der Waals surface area contributed by atoms with Gasteiger partial charge >= 0.3 is 0 Å². The lowest BCUT2D eigenvalue weighted by atomic mass is 9.71. The summed E-state index contributed by atoms with van der Waals surface area (Å²) in [7, 11) is 0. The summed E-state index contributed by atoms with van der Waals surface area (Å²) >= 11 is 0. The highest BCUT2D eigenvalue weighted by molar-refractivity contribution is 5.90. The fraction of sp³-hybridized carbons (Fsp3) is 0.409. The van der Waals surface area contributed by atoms with Crippen molar-refractivity contribution in [1.82, 2.24) is 4.90 Å². The van der Waals surface area contributed by atoms with Crippen LogP contribution in [0, 0.1) is 0 Å². The van der Waals surface area contributed by atoms with Crippen LogP contribution in [0.3, 0.4) is 0 Å². The number of nitrogens with zero attached hydrogens (tertiary/aromatic N) is 1. The fourth-order valence-electron chi connectivity index (χ4n) is 3.99. The molecular weight excluding hydrogens is 308 g/mol. The third-order valence-electron chi connectivity index (χ3n) is 5.46. The quantitative estimate of drug-likeness (QED) is 0.874. The van der Waals surface area contributed by atoms with Crippen LogP contribution in [0.25, 0.3) is 0 Å². The highest BCUT2D eigenvalue weighted by Gasteiger charge is 2.40. The average Bonchev–Trinajstić information content (AvgIpc) is 2.93. The molecule has 0 spiro atoms. The number of hydrogen-bond donors (Lipinski definition) is 1. The smallest absolute Gasteiger partial charge is 0.232 e. The molecular formula is C22H28N2O. The van der Waals surface area contributed by atoms with Gasteiger partial charge in [-0.25, -0.2) is 0 Å². The second kappa shape index (κ2) is 8.30. The van der Waals surface area contributed by atoms with Gasteiger partial charge in [0, 0.05) is 0 Å². The molecule has 1 aliphatic rings.